The lowest BCUT2D eigenvalue weighted by molar-refractivity contribution is -0.127. The quantitative estimate of drug-likeness (QED) is 0.170. The van der Waals surface area contributed by atoms with Gasteiger partial charge in [0.15, 0.2) is 5.96 Å². The van der Waals surface area contributed by atoms with Crippen LogP contribution in [0.1, 0.15) is 33.1 Å². The van der Waals surface area contributed by atoms with Gasteiger partial charge in [-0.05, 0) is 19.8 Å². The van der Waals surface area contributed by atoms with Gasteiger partial charge in [0.05, 0.1) is 0 Å². The van der Waals surface area contributed by atoms with Gasteiger partial charge in [-0.1, -0.05) is 25.5 Å². The Bertz CT molecular complexity index is 360. The molecule has 1 amide bonds. The van der Waals surface area contributed by atoms with Crippen LogP contribution in [0.5, 0.6) is 0 Å². The summed E-state index contributed by atoms with van der Waals surface area (Å²) in [7, 11) is 3.44. The standard InChI is InChI=1S/C16H32N4O2.HI/c1-6-7-10-22-11-8-9-17-16(18-12-14(2)3)19-13-15(21)20(4)5;/h2,6-13H2,1,3-5H3,(H2,17,18,19);1H. The van der Waals surface area contributed by atoms with Crippen molar-refractivity contribution in [2.45, 2.75) is 33.1 Å². The number of carbonyl (C=O) groups excluding carboxylic acids is 1. The number of rotatable bonds is 11. The minimum absolute atomic E-state index is 0. The Morgan fingerprint density at radius 1 is 1.22 bits per heavy atom. The molecule has 0 atom stereocenters. The van der Waals surface area contributed by atoms with Gasteiger partial charge in [-0.2, -0.15) is 0 Å². The van der Waals surface area contributed by atoms with Crippen LogP contribution in [0.4, 0.5) is 0 Å². The predicted molar refractivity (Wildman–Crippen MR) is 108 cm³/mol. The fourth-order valence-electron chi connectivity index (χ4n) is 1.43. The molecular weight excluding hydrogens is 407 g/mol. The second kappa shape index (κ2) is 16.0. The zero-order chi connectivity index (χ0) is 16.8. The van der Waals surface area contributed by atoms with Crippen molar-refractivity contribution in [2.24, 2.45) is 4.99 Å². The Kier molecular flexibility index (Phi) is 17.0. The molecule has 0 aromatic heterocycles. The normalized spacial score (nSPS) is 10.7. The maximum atomic E-state index is 11.6. The van der Waals surface area contributed by atoms with E-state index in [1.54, 1.807) is 14.1 Å². The maximum absolute atomic E-state index is 11.6. The first-order chi connectivity index (χ1) is 10.5. The third-order valence-electron chi connectivity index (χ3n) is 2.83. The van der Waals surface area contributed by atoms with Crippen molar-refractivity contribution in [2.75, 3.05) is 46.9 Å². The van der Waals surface area contributed by atoms with E-state index in [-0.39, 0.29) is 36.4 Å². The Labute approximate surface area is 158 Å². The lowest BCUT2D eigenvalue weighted by Crippen LogP contribution is -2.39. The Morgan fingerprint density at radius 2 is 1.87 bits per heavy atom. The van der Waals surface area contributed by atoms with Gasteiger partial charge >= 0.3 is 0 Å². The number of nitrogens with one attached hydrogen (secondary N) is 2. The van der Waals surface area contributed by atoms with E-state index >= 15 is 0 Å². The molecule has 0 aromatic carbocycles. The topological polar surface area (TPSA) is 66.0 Å². The van der Waals surface area contributed by atoms with E-state index in [1.807, 2.05) is 6.92 Å². The minimum Gasteiger partial charge on any atom is -0.381 e. The van der Waals surface area contributed by atoms with Crippen LogP contribution in [0.3, 0.4) is 0 Å². The molecule has 0 radical (unpaired) electrons. The Balaban J connectivity index is 0. The summed E-state index contributed by atoms with van der Waals surface area (Å²) in [5.74, 6) is 0.603. The first-order valence-corrected chi connectivity index (χ1v) is 7.91. The fourth-order valence-corrected chi connectivity index (χ4v) is 1.43. The first kappa shape index (κ1) is 24.4. The summed E-state index contributed by atoms with van der Waals surface area (Å²) in [4.78, 5) is 17.4. The highest BCUT2D eigenvalue weighted by molar-refractivity contribution is 14.0. The molecular formula is C16H33IN4O2. The molecule has 6 nitrogen and oxygen atoms in total. The number of hydrogen-bond donors (Lipinski definition) is 2. The Morgan fingerprint density at radius 3 is 2.43 bits per heavy atom. The maximum Gasteiger partial charge on any atom is 0.243 e. The molecule has 136 valence electrons. The molecule has 0 aliphatic carbocycles. The van der Waals surface area contributed by atoms with Gasteiger partial charge in [-0.3, -0.25) is 4.79 Å². The highest BCUT2D eigenvalue weighted by Gasteiger charge is 2.04. The van der Waals surface area contributed by atoms with E-state index in [9.17, 15) is 4.79 Å². The second-order valence-corrected chi connectivity index (χ2v) is 5.51. The summed E-state index contributed by atoms with van der Waals surface area (Å²) in [6, 6.07) is 0. The van der Waals surface area contributed by atoms with Crippen molar-refractivity contribution in [1.82, 2.24) is 15.5 Å². The first-order valence-electron chi connectivity index (χ1n) is 7.91. The molecule has 0 saturated heterocycles. The monoisotopic (exact) mass is 440 g/mol. The van der Waals surface area contributed by atoms with Crippen molar-refractivity contribution in [3.8, 4) is 0 Å². The van der Waals surface area contributed by atoms with Gasteiger partial charge in [0, 0.05) is 40.4 Å². The highest BCUT2D eigenvalue weighted by atomic mass is 127. The number of unbranched alkanes of at least 4 members (excludes halogenated alkanes) is 1. The molecule has 0 unspecified atom stereocenters. The van der Waals surface area contributed by atoms with E-state index in [1.165, 1.54) is 4.90 Å². The number of hydrogen-bond acceptors (Lipinski definition) is 3. The fraction of sp³-hybridized carbons (Fsp3) is 0.750. The summed E-state index contributed by atoms with van der Waals surface area (Å²) < 4.78 is 5.51. The van der Waals surface area contributed by atoms with Gasteiger partial charge < -0.3 is 20.3 Å². The molecule has 23 heavy (non-hydrogen) atoms. The van der Waals surface area contributed by atoms with Crippen LogP contribution in [-0.2, 0) is 9.53 Å². The van der Waals surface area contributed by atoms with Crippen molar-refractivity contribution < 1.29 is 9.53 Å². The van der Waals surface area contributed by atoms with Gasteiger partial charge in [0.2, 0.25) is 5.91 Å². The average molecular weight is 440 g/mol. The average Bonchev–Trinajstić information content (AvgIpc) is 2.47. The third kappa shape index (κ3) is 15.8. The van der Waals surface area contributed by atoms with Gasteiger partial charge in [-0.25, -0.2) is 4.99 Å². The van der Waals surface area contributed by atoms with Crippen LogP contribution < -0.4 is 10.6 Å². The predicted octanol–water partition coefficient (Wildman–Crippen LogP) is 2.01. The number of guanidine groups is 1. The van der Waals surface area contributed by atoms with Crippen LogP contribution in [0.2, 0.25) is 0 Å². The van der Waals surface area contributed by atoms with E-state index in [0.717, 1.165) is 44.6 Å². The summed E-state index contributed by atoms with van der Waals surface area (Å²) in [5.41, 5.74) is 1.01. The molecule has 0 heterocycles. The van der Waals surface area contributed by atoms with E-state index < -0.39 is 0 Å². The van der Waals surface area contributed by atoms with E-state index in [2.05, 4.69) is 29.1 Å². The lowest BCUT2D eigenvalue weighted by atomic mass is 10.3. The Hall–Kier alpha value is -0.830. The van der Waals surface area contributed by atoms with Gasteiger partial charge in [0.1, 0.15) is 6.54 Å². The second-order valence-electron chi connectivity index (χ2n) is 5.51. The number of amides is 1. The van der Waals surface area contributed by atoms with Crippen LogP contribution >= 0.6 is 24.0 Å². The number of aliphatic imine (C=N–C) groups is 1. The SMILES string of the molecule is C=C(C)CNC(=NCC(=O)N(C)C)NCCCOCCCC.I. The van der Waals surface area contributed by atoms with Crippen molar-refractivity contribution in [3.63, 3.8) is 0 Å². The zero-order valence-corrected chi connectivity index (χ0v) is 17.3. The number of ether oxygens (including phenoxy) is 1. The number of halogens is 1. The summed E-state index contributed by atoms with van der Waals surface area (Å²) in [6.07, 6.45) is 3.16. The van der Waals surface area contributed by atoms with Crippen molar-refractivity contribution in [1.29, 1.82) is 0 Å². The van der Waals surface area contributed by atoms with Gasteiger partial charge in [0.25, 0.3) is 0 Å². The van der Waals surface area contributed by atoms with Gasteiger partial charge in [-0.15, -0.1) is 24.0 Å². The largest absolute Gasteiger partial charge is 0.381 e. The van der Waals surface area contributed by atoms with Crippen LogP contribution in [-0.4, -0.2) is 63.7 Å². The summed E-state index contributed by atoms with van der Waals surface area (Å²) >= 11 is 0. The molecule has 0 fully saturated rings. The summed E-state index contributed by atoms with van der Waals surface area (Å²) in [5, 5.41) is 6.36. The van der Waals surface area contributed by atoms with E-state index in [0.29, 0.717) is 12.5 Å². The number of nitrogens with zero attached hydrogens (tertiary/aromatic N) is 2. The third-order valence-corrected chi connectivity index (χ3v) is 2.83. The lowest BCUT2D eigenvalue weighted by Gasteiger charge is -2.14. The molecule has 0 aromatic rings. The highest BCUT2D eigenvalue weighted by Crippen LogP contribution is 1.90. The molecule has 2 N–H and O–H groups in total. The zero-order valence-electron chi connectivity index (χ0n) is 15.0. The molecule has 7 heteroatoms. The summed E-state index contributed by atoms with van der Waals surface area (Å²) in [6.45, 7) is 11.0. The molecule has 0 rings (SSSR count). The molecule has 0 aliphatic rings. The number of carbonyl (C=O) groups is 1. The van der Waals surface area contributed by atoms with Crippen molar-refractivity contribution in [3.05, 3.63) is 12.2 Å². The van der Waals surface area contributed by atoms with Crippen LogP contribution in [0.25, 0.3) is 0 Å². The number of likely N-dealkylation sites (N-methyl/N-ethyl adjacent to an activating group) is 1. The minimum atomic E-state index is -0.0284. The van der Waals surface area contributed by atoms with Crippen LogP contribution in [0, 0.1) is 0 Å². The molecule has 0 bridgehead atoms. The smallest absolute Gasteiger partial charge is 0.243 e. The van der Waals surface area contributed by atoms with Crippen LogP contribution in [0.15, 0.2) is 17.1 Å². The molecule has 0 spiro atoms. The van der Waals surface area contributed by atoms with Crippen molar-refractivity contribution >= 4 is 35.8 Å². The molecule has 0 aliphatic heterocycles. The molecule has 0 saturated carbocycles. The van der Waals surface area contributed by atoms with E-state index in [4.69, 9.17) is 4.74 Å².